The van der Waals surface area contributed by atoms with Crippen molar-refractivity contribution in [1.82, 2.24) is 9.62 Å². The largest absolute Gasteiger partial charge is 0.310 e. The van der Waals surface area contributed by atoms with Gasteiger partial charge in [-0.15, -0.1) is 0 Å². The van der Waals surface area contributed by atoms with Crippen LogP contribution in [0.25, 0.3) is 0 Å². The van der Waals surface area contributed by atoms with E-state index < -0.39 is 10.0 Å². The van der Waals surface area contributed by atoms with Gasteiger partial charge in [-0.25, -0.2) is 8.42 Å². The number of benzene rings is 1. The molecule has 1 N–H and O–H groups in total. The molecule has 2 aliphatic rings. The van der Waals surface area contributed by atoms with E-state index in [1.54, 1.807) is 4.31 Å². The van der Waals surface area contributed by atoms with E-state index in [4.69, 9.17) is 0 Å². The van der Waals surface area contributed by atoms with E-state index in [0.29, 0.717) is 24.0 Å². The molecule has 0 spiro atoms. The van der Waals surface area contributed by atoms with Crippen LogP contribution in [0.5, 0.6) is 0 Å². The predicted octanol–water partition coefficient (Wildman–Crippen LogP) is 1.98. The summed E-state index contributed by atoms with van der Waals surface area (Å²) in [6, 6.07) is 6.43. The number of hydrogen-bond acceptors (Lipinski definition) is 4. The van der Waals surface area contributed by atoms with Crippen molar-refractivity contribution in [2.75, 3.05) is 24.6 Å². The first kappa shape index (κ1) is 15.3. The molecule has 0 amide bonds. The Labute approximate surface area is 131 Å². The molecule has 1 heterocycles. The van der Waals surface area contributed by atoms with Crippen LogP contribution in [0, 0.1) is 6.92 Å². The van der Waals surface area contributed by atoms with Gasteiger partial charge in [-0.3, -0.25) is 0 Å². The van der Waals surface area contributed by atoms with Gasteiger partial charge in [0.1, 0.15) is 0 Å². The third-order valence-corrected chi connectivity index (χ3v) is 7.00. The number of hydrogen-bond donors (Lipinski definition) is 1. The van der Waals surface area contributed by atoms with E-state index in [1.165, 1.54) is 12.8 Å². The minimum absolute atomic E-state index is 0.476. The maximum atomic E-state index is 12.8. The van der Waals surface area contributed by atoms with Crippen LogP contribution >= 0.6 is 11.8 Å². The van der Waals surface area contributed by atoms with Gasteiger partial charge in [0, 0.05) is 37.2 Å². The lowest BCUT2D eigenvalue weighted by Gasteiger charge is -2.26. The summed E-state index contributed by atoms with van der Waals surface area (Å²) in [4.78, 5) is 0.476. The van der Waals surface area contributed by atoms with E-state index in [1.807, 2.05) is 36.9 Å². The fourth-order valence-corrected chi connectivity index (χ4v) is 5.36. The molecule has 1 aromatic carbocycles. The molecular formula is C15H22N2O2S2. The summed E-state index contributed by atoms with van der Waals surface area (Å²) in [7, 11) is -3.35. The number of nitrogens with zero attached hydrogens (tertiary/aromatic N) is 1. The van der Waals surface area contributed by atoms with Crippen LogP contribution in [0.1, 0.15) is 24.0 Å². The number of aryl methyl sites for hydroxylation is 1. The van der Waals surface area contributed by atoms with Crippen LogP contribution in [-0.4, -0.2) is 43.4 Å². The molecule has 0 atom stereocenters. The maximum absolute atomic E-state index is 12.8. The SMILES string of the molecule is Cc1ccc(CNC2CC2)cc1S(=O)(=O)N1CCSCC1. The lowest BCUT2D eigenvalue weighted by molar-refractivity contribution is 0.443. The highest BCUT2D eigenvalue weighted by Gasteiger charge is 2.28. The molecule has 0 unspecified atom stereocenters. The normalized spacial score (nSPS) is 20.6. The zero-order valence-corrected chi connectivity index (χ0v) is 14.0. The van der Waals surface area contributed by atoms with Crippen LogP contribution in [0.4, 0.5) is 0 Å². The van der Waals surface area contributed by atoms with Gasteiger partial charge in [0.05, 0.1) is 4.90 Å². The maximum Gasteiger partial charge on any atom is 0.243 e. The van der Waals surface area contributed by atoms with Crippen molar-refractivity contribution >= 4 is 21.8 Å². The summed E-state index contributed by atoms with van der Waals surface area (Å²) >= 11 is 1.82. The Bertz CT molecular complexity index is 606. The molecule has 116 valence electrons. The van der Waals surface area contributed by atoms with Crippen molar-refractivity contribution in [1.29, 1.82) is 0 Å². The second kappa shape index (κ2) is 6.28. The number of thioether (sulfide) groups is 1. The Morgan fingerprint density at radius 2 is 2.00 bits per heavy atom. The van der Waals surface area contributed by atoms with Crippen LogP contribution in [0.2, 0.25) is 0 Å². The second-order valence-corrected chi connectivity index (χ2v) is 8.90. The van der Waals surface area contributed by atoms with Gasteiger partial charge in [0.15, 0.2) is 0 Å². The summed E-state index contributed by atoms with van der Waals surface area (Å²) in [5.41, 5.74) is 1.89. The Morgan fingerprint density at radius 1 is 1.29 bits per heavy atom. The topological polar surface area (TPSA) is 49.4 Å². The van der Waals surface area contributed by atoms with Gasteiger partial charge in [0.2, 0.25) is 10.0 Å². The molecular weight excluding hydrogens is 304 g/mol. The minimum atomic E-state index is -3.35. The van der Waals surface area contributed by atoms with Gasteiger partial charge in [-0.2, -0.15) is 16.1 Å². The lowest BCUT2D eigenvalue weighted by Crippen LogP contribution is -2.38. The molecule has 3 rings (SSSR count). The Hall–Kier alpha value is -0.560. The van der Waals surface area contributed by atoms with E-state index in [2.05, 4.69) is 5.32 Å². The average molecular weight is 326 g/mol. The summed E-state index contributed by atoms with van der Waals surface area (Å²) in [6.45, 7) is 3.88. The average Bonchev–Trinajstić information content (AvgIpc) is 3.31. The molecule has 6 heteroatoms. The standard InChI is InChI=1S/C15H22N2O2S2/c1-12-2-3-13(11-16-14-4-5-14)10-15(12)21(18,19)17-6-8-20-9-7-17/h2-3,10,14,16H,4-9,11H2,1H3. The highest BCUT2D eigenvalue weighted by Crippen LogP contribution is 2.25. The first-order valence-electron chi connectivity index (χ1n) is 7.48. The molecule has 21 heavy (non-hydrogen) atoms. The first-order valence-corrected chi connectivity index (χ1v) is 10.1. The van der Waals surface area contributed by atoms with Crippen LogP contribution in [0.3, 0.4) is 0 Å². The van der Waals surface area contributed by atoms with Crippen molar-refractivity contribution in [3.63, 3.8) is 0 Å². The van der Waals surface area contributed by atoms with E-state index in [-0.39, 0.29) is 0 Å². The van der Waals surface area contributed by atoms with E-state index in [9.17, 15) is 8.42 Å². The van der Waals surface area contributed by atoms with E-state index in [0.717, 1.165) is 29.2 Å². The Kier molecular flexibility index (Phi) is 4.59. The second-order valence-electron chi connectivity index (χ2n) is 5.77. The third-order valence-electron chi connectivity index (χ3n) is 4.01. The lowest BCUT2D eigenvalue weighted by atomic mass is 10.1. The van der Waals surface area contributed by atoms with Gasteiger partial charge < -0.3 is 5.32 Å². The highest BCUT2D eigenvalue weighted by atomic mass is 32.2. The molecule has 1 saturated heterocycles. The summed E-state index contributed by atoms with van der Waals surface area (Å²) in [6.07, 6.45) is 2.48. The highest BCUT2D eigenvalue weighted by molar-refractivity contribution is 7.99. The minimum Gasteiger partial charge on any atom is -0.310 e. The molecule has 0 bridgehead atoms. The molecule has 0 aromatic heterocycles. The summed E-state index contributed by atoms with van der Waals surface area (Å²) < 4.78 is 27.2. The zero-order valence-electron chi connectivity index (χ0n) is 12.3. The van der Waals surface area contributed by atoms with Crippen molar-refractivity contribution in [3.8, 4) is 0 Å². The summed E-state index contributed by atoms with van der Waals surface area (Å²) in [5, 5.41) is 3.44. The quantitative estimate of drug-likeness (QED) is 0.899. The first-order chi connectivity index (χ1) is 10.1. The van der Waals surface area contributed by atoms with Gasteiger partial charge >= 0.3 is 0 Å². The molecule has 1 saturated carbocycles. The third kappa shape index (κ3) is 3.62. The number of nitrogens with one attached hydrogen (secondary N) is 1. The van der Waals surface area contributed by atoms with E-state index >= 15 is 0 Å². The van der Waals surface area contributed by atoms with Crippen molar-refractivity contribution in [2.24, 2.45) is 0 Å². The van der Waals surface area contributed by atoms with Crippen LogP contribution in [0.15, 0.2) is 23.1 Å². The Balaban J connectivity index is 1.82. The summed E-state index contributed by atoms with van der Waals surface area (Å²) in [5.74, 6) is 1.78. The Morgan fingerprint density at radius 3 is 2.67 bits per heavy atom. The van der Waals surface area contributed by atoms with Crippen molar-refractivity contribution < 1.29 is 8.42 Å². The van der Waals surface area contributed by atoms with Gasteiger partial charge in [0.25, 0.3) is 0 Å². The molecule has 4 nitrogen and oxygen atoms in total. The number of rotatable bonds is 5. The number of sulfonamides is 1. The van der Waals surface area contributed by atoms with Gasteiger partial charge in [-0.1, -0.05) is 12.1 Å². The molecule has 2 fully saturated rings. The predicted molar refractivity (Wildman–Crippen MR) is 87.1 cm³/mol. The van der Waals surface area contributed by atoms with Crippen molar-refractivity contribution in [2.45, 2.75) is 37.2 Å². The monoisotopic (exact) mass is 326 g/mol. The molecule has 0 radical (unpaired) electrons. The molecule has 1 aliphatic heterocycles. The fraction of sp³-hybridized carbons (Fsp3) is 0.600. The zero-order chi connectivity index (χ0) is 14.9. The molecule has 1 aliphatic carbocycles. The van der Waals surface area contributed by atoms with Crippen molar-refractivity contribution in [3.05, 3.63) is 29.3 Å². The van der Waals surface area contributed by atoms with Crippen LogP contribution < -0.4 is 5.32 Å². The smallest absolute Gasteiger partial charge is 0.243 e. The van der Waals surface area contributed by atoms with Gasteiger partial charge in [-0.05, 0) is 37.0 Å². The fourth-order valence-electron chi connectivity index (χ4n) is 2.51. The van der Waals surface area contributed by atoms with Crippen LogP contribution in [-0.2, 0) is 16.6 Å². The molecule has 1 aromatic rings.